The Bertz CT molecular complexity index is 752. The molecule has 0 aliphatic carbocycles. The van der Waals surface area contributed by atoms with E-state index in [0.717, 1.165) is 17.0 Å². The fourth-order valence-electron chi connectivity index (χ4n) is 2.78. The van der Waals surface area contributed by atoms with Gasteiger partial charge in [-0.2, -0.15) is 0 Å². The molecule has 0 unspecified atom stereocenters. The van der Waals surface area contributed by atoms with E-state index < -0.39 is 5.41 Å². The van der Waals surface area contributed by atoms with Gasteiger partial charge in [0.15, 0.2) is 0 Å². The molecular weight excluding hydrogens is 324 g/mol. The maximum absolute atomic E-state index is 12.7. The minimum absolute atomic E-state index is 0.0583. The molecule has 4 heteroatoms. The first kappa shape index (κ1) is 20.0. The van der Waals surface area contributed by atoms with Crippen molar-refractivity contribution in [1.29, 1.82) is 0 Å². The molecule has 4 nitrogen and oxygen atoms in total. The van der Waals surface area contributed by atoms with Crippen molar-refractivity contribution in [2.45, 2.75) is 53.4 Å². The van der Waals surface area contributed by atoms with Crippen LogP contribution in [0.25, 0.3) is 0 Å². The van der Waals surface area contributed by atoms with Crippen molar-refractivity contribution in [3.8, 4) is 0 Å². The predicted octanol–water partition coefficient (Wildman–Crippen LogP) is 4.01. The molecule has 0 aromatic carbocycles. The Balaban J connectivity index is 2.01. The van der Waals surface area contributed by atoms with Gasteiger partial charge in [0.2, 0.25) is 0 Å². The van der Waals surface area contributed by atoms with Crippen molar-refractivity contribution in [1.82, 2.24) is 9.97 Å². The minimum Gasteiger partial charge on any atom is -0.299 e. The van der Waals surface area contributed by atoms with Crippen LogP contribution in [0.4, 0.5) is 0 Å². The van der Waals surface area contributed by atoms with Crippen LogP contribution in [-0.2, 0) is 28.9 Å². The molecule has 0 aliphatic heterocycles. The zero-order valence-electron chi connectivity index (χ0n) is 16.2. The number of aromatic nitrogens is 2. The van der Waals surface area contributed by atoms with Gasteiger partial charge in [0.05, 0.1) is 0 Å². The third kappa shape index (κ3) is 5.87. The van der Waals surface area contributed by atoms with E-state index >= 15 is 0 Å². The third-order valence-electron chi connectivity index (χ3n) is 4.63. The van der Waals surface area contributed by atoms with Gasteiger partial charge in [-0.3, -0.25) is 19.6 Å². The SMILES string of the molecule is CC(C)C(=O)CCc1cccc(CC(C)(C)C(=O)Cc2ccncc2)n1. The summed E-state index contributed by atoms with van der Waals surface area (Å²) in [4.78, 5) is 33.2. The van der Waals surface area contributed by atoms with Crippen LogP contribution in [0.5, 0.6) is 0 Å². The number of hydrogen-bond donors (Lipinski definition) is 0. The molecule has 0 aliphatic rings. The van der Waals surface area contributed by atoms with E-state index in [4.69, 9.17) is 0 Å². The highest BCUT2D eigenvalue weighted by Crippen LogP contribution is 2.24. The topological polar surface area (TPSA) is 59.9 Å². The first-order valence-corrected chi connectivity index (χ1v) is 9.17. The van der Waals surface area contributed by atoms with E-state index in [-0.39, 0.29) is 17.5 Å². The lowest BCUT2D eigenvalue weighted by molar-refractivity contribution is -0.126. The molecule has 138 valence electrons. The summed E-state index contributed by atoms with van der Waals surface area (Å²) in [5.41, 5.74) is 2.29. The van der Waals surface area contributed by atoms with E-state index in [1.807, 2.05) is 58.0 Å². The van der Waals surface area contributed by atoms with Crippen LogP contribution in [0.3, 0.4) is 0 Å². The summed E-state index contributed by atoms with van der Waals surface area (Å²) in [5.74, 6) is 0.499. The van der Waals surface area contributed by atoms with Crippen LogP contribution in [0.2, 0.25) is 0 Å². The largest absolute Gasteiger partial charge is 0.299 e. The standard InChI is InChI=1S/C22H28N2O2/c1-16(2)20(25)9-8-18-6-5-7-19(24-18)15-22(3,4)21(26)14-17-10-12-23-13-11-17/h5-7,10-13,16H,8-9,14-15H2,1-4H3. The molecule has 0 atom stereocenters. The summed E-state index contributed by atoms with van der Waals surface area (Å²) < 4.78 is 0. The van der Waals surface area contributed by atoms with Gasteiger partial charge in [-0.15, -0.1) is 0 Å². The lowest BCUT2D eigenvalue weighted by Gasteiger charge is -2.23. The van der Waals surface area contributed by atoms with Crippen molar-refractivity contribution >= 4 is 11.6 Å². The van der Waals surface area contributed by atoms with Gasteiger partial charge in [0, 0.05) is 54.4 Å². The molecule has 2 aromatic heterocycles. The summed E-state index contributed by atoms with van der Waals surface area (Å²) >= 11 is 0. The maximum Gasteiger partial charge on any atom is 0.143 e. The molecule has 2 aromatic rings. The second-order valence-electron chi connectivity index (χ2n) is 7.76. The normalized spacial score (nSPS) is 11.6. The highest BCUT2D eigenvalue weighted by molar-refractivity contribution is 5.86. The van der Waals surface area contributed by atoms with Gasteiger partial charge in [-0.05, 0) is 36.2 Å². The first-order valence-electron chi connectivity index (χ1n) is 9.17. The number of carbonyl (C=O) groups is 2. The van der Waals surface area contributed by atoms with E-state index in [1.54, 1.807) is 12.4 Å². The van der Waals surface area contributed by atoms with Crippen LogP contribution in [0.1, 0.15) is 51.1 Å². The number of rotatable bonds is 9. The van der Waals surface area contributed by atoms with Gasteiger partial charge >= 0.3 is 0 Å². The highest BCUT2D eigenvalue weighted by atomic mass is 16.1. The van der Waals surface area contributed by atoms with Crippen molar-refractivity contribution < 1.29 is 9.59 Å². The van der Waals surface area contributed by atoms with Crippen LogP contribution in [-0.4, -0.2) is 21.5 Å². The Hall–Kier alpha value is -2.36. The summed E-state index contributed by atoms with van der Waals surface area (Å²) in [6.45, 7) is 7.77. The molecule has 0 spiro atoms. The predicted molar refractivity (Wildman–Crippen MR) is 103 cm³/mol. The Morgan fingerprint density at radius 3 is 2.35 bits per heavy atom. The minimum atomic E-state index is -0.497. The Kier molecular flexibility index (Phi) is 6.78. The van der Waals surface area contributed by atoms with Gasteiger partial charge < -0.3 is 0 Å². The number of carbonyl (C=O) groups excluding carboxylic acids is 2. The van der Waals surface area contributed by atoms with Crippen LogP contribution in [0, 0.1) is 11.3 Å². The van der Waals surface area contributed by atoms with E-state index in [2.05, 4.69) is 9.97 Å². The Morgan fingerprint density at radius 2 is 1.69 bits per heavy atom. The van der Waals surface area contributed by atoms with Crippen molar-refractivity contribution in [2.75, 3.05) is 0 Å². The molecule has 2 rings (SSSR count). The number of nitrogens with zero attached hydrogens (tertiary/aromatic N) is 2. The van der Waals surface area contributed by atoms with E-state index in [9.17, 15) is 9.59 Å². The quantitative estimate of drug-likeness (QED) is 0.684. The molecule has 0 saturated carbocycles. The number of Topliss-reactive ketones (excluding diaryl/α,β-unsaturated/α-hetero) is 2. The monoisotopic (exact) mass is 352 g/mol. The molecule has 0 bridgehead atoms. The van der Waals surface area contributed by atoms with E-state index in [0.29, 0.717) is 25.7 Å². The zero-order chi connectivity index (χ0) is 19.2. The highest BCUT2D eigenvalue weighted by Gasteiger charge is 2.28. The van der Waals surface area contributed by atoms with Crippen molar-refractivity contribution in [3.05, 3.63) is 59.7 Å². The molecular formula is C22H28N2O2. The number of ketones is 2. The van der Waals surface area contributed by atoms with Crippen LogP contribution in [0.15, 0.2) is 42.7 Å². The Labute approximate surface area is 156 Å². The maximum atomic E-state index is 12.7. The number of hydrogen-bond acceptors (Lipinski definition) is 4. The third-order valence-corrected chi connectivity index (χ3v) is 4.63. The summed E-state index contributed by atoms with van der Waals surface area (Å²) in [7, 11) is 0. The van der Waals surface area contributed by atoms with Crippen molar-refractivity contribution in [2.24, 2.45) is 11.3 Å². The molecule has 0 radical (unpaired) electrons. The Morgan fingerprint density at radius 1 is 1.04 bits per heavy atom. The molecule has 0 N–H and O–H groups in total. The second kappa shape index (κ2) is 8.84. The zero-order valence-corrected chi connectivity index (χ0v) is 16.2. The average molecular weight is 352 g/mol. The molecule has 0 amide bonds. The lowest BCUT2D eigenvalue weighted by Crippen LogP contribution is -2.29. The molecule has 0 fully saturated rings. The van der Waals surface area contributed by atoms with E-state index in [1.165, 1.54) is 0 Å². The van der Waals surface area contributed by atoms with Gasteiger partial charge in [0.25, 0.3) is 0 Å². The summed E-state index contributed by atoms with van der Waals surface area (Å²) in [5, 5.41) is 0. The lowest BCUT2D eigenvalue weighted by atomic mass is 9.80. The van der Waals surface area contributed by atoms with Gasteiger partial charge in [0.1, 0.15) is 11.6 Å². The number of aryl methyl sites for hydroxylation is 1. The second-order valence-corrected chi connectivity index (χ2v) is 7.76. The van der Waals surface area contributed by atoms with Crippen LogP contribution < -0.4 is 0 Å². The molecule has 26 heavy (non-hydrogen) atoms. The van der Waals surface area contributed by atoms with Gasteiger partial charge in [-0.25, -0.2) is 0 Å². The van der Waals surface area contributed by atoms with Crippen molar-refractivity contribution in [3.63, 3.8) is 0 Å². The fraction of sp³-hybridized carbons (Fsp3) is 0.455. The molecule has 2 heterocycles. The number of pyridine rings is 2. The first-order chi connectivity index (χ1) is 12.3. The molecule has 0 saturated heterocycles. The van der Waals surface area contributed by atoms with Gasteiger partial charge in [-0.1, -0.05) is 33.8 Å². The van der Waals surface area contributed by atoms with Crippen LogP contribution >= 0.6 is 0 Å². The summed E-state index contributed by atoms with van der Waals surface area (Å²) in [6.07, 6.45) is 5.56. The fourth-order valence-corrected chi connectivity index (χ4v) is 2.78. The smallest absolute Gasteiger partial charge is 0.143 e. The average Bonchev–Trinajstić information content (AvgIpc) is 2.60. The summed E-state index contributed by atoms with van der Waals surface area (Å²) in [6, 6.07) is 9.61.